The Hall–Kier alpha value is -2.88. The third-order valence-corrected chi connectivity index (χ3v) is 5.26. The van der Waals surface area contributed by atoms with E-state index in [4.69, 9.17) is 0 Å². The molecular formula is C23H25N3O. The van der Waals surface area contributed by atoms with Crippen LogP contribution in [0.25, 0.3) is 0 Å². The van der Waals surface area contributed by atoms with Crippen molar-refractivity contribution in [3.8, 4) is 0 Å². The summed E-state index contributed by atoms with van der Waals surface area (Å²) in [7, 11) is 0. The number of nitrogens with zero attached hydrogens (tertiary/aromatic N) is 2. The van der Waals surface area contributed by atoms with Gasteiger partial charge in [0, 0.05) is 31.1 Å². The van der Waals surface area contributed by atoms with Crippen molar-refractivity contribution in [1.82, 2.24) is 14.9 Å². The summed E-state index contributed by atoms with van der Waals surface area (Å²) in [5.41, 5.74) is 4.59. The molecule has 4 rings (SSSR count). The van der Waals surface area contributed by atoms with Gasteiger partial charge in [0.15, 0.2) is 0 Å². The number of hydrogen-bond acceptors (Lipinski definition) is 2. The summed E-state index contributed by atoms with van der Waals surface area (Å²) >= 11 is 0. The van der Waals surface area contributed by atoms with Crippen LogP contribution < -0.4 is 0 Å². The zero-order chi connectivity index (χ0) is 18.6. The minimum atomic E-state index is 0.0183. The number of nitrogens with one attached hydrogen (secondary N) is 1. The summed E-state index contributed by atoms with van der Waals surface area (Å²) < 4.78 is 0. The molecule has 27 heavy (non-hydrogen) atoms. The van der Waals surface area contributed by atoms with Crippen LogP contribution in [0.1, 0.15) is 34.8 Å². The Morgan fingerprint density at radius 2 is 1.63 bits per heavy atom. The van der Waals surface area contributed by atoms with Crippen LogP contribution in [-0.2, 0) is 30.7 Å². The van der Waals surface area contributed by atoms with Gasteiger partial charge in [-0.05, 0) is 30.9 Å². The molecular weight excluding hydrogens is 334 g/mol. The molecule has 3 aromatic rings. The predicted octanol–water partition coefficient (Wildman–Crippen LogP) is 4.05. The molecule has 1 N–H and O–H groups in total. The highest BCUT2D eigenvalue weighted by atomic mass is 16.2. The normalized spacial score (nSPS) is 16.0. The Balaban J connectivity index is 1.54. The van der Waals surface area contributed by atoms with Gasteiger partial charge in [-0.15, -0.1) is 0 Å². The number of hydrogen-bond donors (Lipinski definition) is 1. The van der Waals surface area contributed by atoms with Crippen LogP contribution in [0.5, 0.6) is 0 Å². The summed E-state index contributed by atoms with van der Waals surface area (Å²) in [4.78, 5) is 23.3. The summed E-state index contributed by atoms with van der Waals surface area (Å²) in [5, 5.41) is 0. The largest absolute Gasteiger partial charge is 0.346 e. The molecule has 2 aromatic carbocycles. The van der Waals surface area contributed by atoms with Crippen LogP contribution in [0.2, 0.25) is 0 Å². The molecule has 1 amide bonds. The first-order valence-corrected chi connectivity index (χ1v) is 9.60. The predicted molar refractivity (Wildman–Crippen MR) is 106 cm³/mol. The molecule has 4 nitrogen and oxygen atoms in total. The molecule has 0 fully saturated rings. The second-order valence-corrected chi connectivity index (χ2v) is 7.35. The van der Waals surface area contributed by atoms with Crippen LogP contribution in [0.15, 0.2) is 60.7 Å². The Morgan fingerprint density at radius 3 is 2.22 bits per heavy atom. The molecule has 0 spiro atoms. The van der Waals surface area contributed by atoms with E-state index in [0.717, 1.165) is 47.6 Å². The van der Waals surface area contributed by atoms with Gasteiger partial charge in [-0.1, -0.05) is 60.7 Å². The number of rotatable bonds is 5. The van der Waals surface area contributed by atoms with Crippen LogP contribution in [0.4, 0.5) is 0 Å². The monoisotopic (exact) mass is 359 g/mol. The van der Waals surface area contributed by atoms with Gasteiger partial charge in [0.2, 0.25) is 5.91 Å². The fourth-order valence-corrected chi connectivity index (χ4v) is 3.91. The maximum absolute atomic E-state index is 13.4. The molecule has 1 aromatic heterocycles. The molecule has 138 valence electrons. The van der Waals surface area contributed by atoms with Crippen LogP contribution in [-0.4, -0.2) is 20.8 Å². The number of carbonyl (C=O) groups excluding carboxylic acids is 1. The smallest absolute Gasteiger partial charge is 0.226 e. The third-order valence-electron chi connectivity index (χ3n) is 5.26. The molecule has 1 aliphatic carbocycles. The van der Waals surface area contributed by atoms with Crippen molar-refractivity contribution < 1.29 is 4.79 Å². The molecule has 1 unspecified atom stereocenters. The van der Waals surface area contributed by atoms with Crippen LogP contribution >= 0.6 is 0 Å². The van der Waals surface area contributed by atoms with Crippen molar-refractivity contribution in [3.63, 3.8) is 0 Å². The van der Waals surface area contributed by atoms with Gasteiger partial charge >= 0.3 is 0 Å². The highest BCUT2D eigenvalue weighted by molar-refractivity contribution is 5.79. The maximum atomic E-state index is 13.4. The number of aromatic nitrogens is 2. The number of benzene rings is 2. The summed E-state index contributed by atoms with van der Waals surface area (Å²) in [5.74, 6) is 1.20. The first kappa shape index (κ1) is 17.5. The molecule has 4 heteroatoms. The van der Waals surface area contributed by atoms with E-state index in [1.807, 2.05) is 48.2 Å². The van der Waals surface area contributed by atoms with Gasteiger partial charge in [0.25, 0.3) is 0 Å². The molecule has 1 heterocycles. The first-order chi connectivity index (χ1) is 13.2. The van der Waals surface area contributed by atoms with Crippen molar-refractivity contribution in [2.75, 3.05) is 0 Å². The highest BCUT2D eigenvalue weighted by Crippen LogP contribution is 2.26. The van der Waals surface area contributed by atoms with E-state index < -0.39 is 0 Å². The number of aromatic amines is 1. The van der Waals surface area contributed by atoms with E-state index in [-0.39, 0.29) is 11.8 Å². The van der Waals surface area contributed by atoms with Crippen LogP contribution in [0, 0.1) is 12.8 Å². The second kappa shape index (κ2) is 7.78. The minimum absolute atomic E-state index is 0.0183. The molecule has 0 bridgehead atoms. The number of H-pyrrole nitrogens is 1. The van der Waals surface area contributed by atoms with E-state index >= 15 is 0 Å². The molecule has 1 aliphatic rings. The van der Waals surface area contributed by atoms with Crippen molar-refractivity contribution in [2.45, 2.75) is 39.3 Å². The fraction of sp³-hybridized carbons (Fsp3) is 0.304. The SMILES string of the molecule is Cc1nc2c([nH]1)CC(C(=O)N(Cc1ccccc1)Cc1ccccc1)CC2. The lowest BCUT2D eigenvalue weighted by Gasteiger charge is -2.29. The lowest BCUT2D eigenvalue weighted by Crippen LogP contribution is -2.37. The van der Waals surface area contributed by atoms with Crippen molar-refractivity contribution in [1.29, 1.82) is 0 Å². The fourth-order valence-electron chi connectivity index (χ4n) is 3.91. The Kier molecular flexibility index (Phi) is 5.05. The average molecular weight is 359 g/mol. The van der Waals surface area contributed by atoms with E-state index in [2.05, 4.69) is 34.2 Å². The Morgan fingerprint density at radius 1 is 1.04 bits per heavy atom. The zero-order valence-corrected chi connectivity index (χ0v) is 15.7. The van der Waals surface area contributed by atoms with Gasteiger partial charge in [0.1, 0.15) is 5.82 Å². The van der Waals surface area contributed by atoms with Crippen molar-refractivity contribution in [3.05, 3.63) is 89.0 Å². The number of imidazole rings is 1. The molecule has 0 radical (unpaired) electrons. The number of carbonyl (C=O) groups is 1. The maximum Gasteiger partial charge on any atom is 0.226 e. The highest BCUT2D eigenvalue weighted by Gasteiger charge is 2.30. The van der Waals surface area contributed by atoms with Crippen LogP contribution in [0.3, 0.4) is 0 Å². The lowest BCUT2D eigenvalue weighted by atomic mass is 9.88. The van der Waals surface area contributed by atoms with Gasteiger partial charge in [0.05, 0.1) is 5.69 Å². The lowest BCUT2D eigenvalue weighted by molar-refractivity contribution is -0.137. The summed E-state index contributed by atoms with van der Waals surface area (Å²) in [6, 6.07) is 20.5. The van der Waals surface area contributed by atoms with E-state index in [0.29, 0.717) is 13.1 Å². The minimum Gasteiger partial charge on any atom is -0.346 e. The van der Waals surface area contributed by atoms with Gasteiger partial charge in [-0.25, -0.2) is 4.98 Å². The Bertz CT molecular complexity index is 860. The number of aryl methyl sites for hydroxylation is 2. The van der Waals surface area contributed by atoms with Crippen molar-refractivity contribution in [2.24, 2.45) is 5.92 Å². The van der Waals surface area contributed by atoms with E-state index in [1.54, 1.807) is 0 Å². The summed E-state index contributed by atoms with van der Waals surface area (Å²) in [6.07, 6.45) is 2.51. The second-order valence-electron chi connectivity index (χ2n) is 7.35. The van der Waals surface area contributed by atoms with Crippen molar-refractivity contribution >= 4 is 5.91 Å². The number of fused-ring (bicyclic) bond motifs is 1. The zero-order valence-electron chi connectivity index (χ0n) is 15.7. The Labute approximate surface area is 160 Å². The third kappa shape index (κ3) is 4.11. The van der Waals surface area contributed by atoms with Gasteiger partial charge in [-0.2, -0.15) is 0 Å². The van der Waals surface area contributed by atoms with Gasteiger partial charge < -0.3 is 9.88 Å². The summed E-state index contributed by atoms with van der Waals surface area (Å²) in [6.45, 7) is 3.26. The van der Waals surface area contributed by atoms with E-state index in [1.165, 1.54) is 0 Å². The standard InChI is InChI=1S/C23H25N3O/c1-17-24-21-13-12-20(14-22(21)25-17)23(27)26(15-18-8-4-2-5-9-18)16-19-10-6-3-7-11-19/h2-11,20H,12-16H2,1H3,(H,24,25). The molecule has 0 aliphatic heterocycles. The molecule has 0 saturated heterocycles. The average Bonchev–Trinajstić information content (AvgIpc) is 3.07. The van der Waals surface area contributed by atoms with E-state index in [9.17, 15) is 4.79 Å². The quantitative estimate of drug-likeness (QED) is 0.747. The molecule has 1 atom stereocenters. The number of amides is 1. The van der Waals surface area contributed by atoms with Gasteiger partial charge in [-0.3, -0.25) is 4.79 Å². The topological polar surface area (TPSA) is 49.0 Å². The molecule has 0 saturated carbocycles. The first-order valence-electron chi connectivity index (χ1n) is 9.60.